The van der Waals surface area contributed by atoms with Crippen LogP contribution >= 0.6 is 12.4 Å². The molecule has 1 heterocycles. The largest absolute Gasteiger partial charge is 0.352 e. The third-order valence-electron chi connectivity index (χ3n) is 3.63. The maximum Gasteiger partial charge on any atom is 0.307 e. The number of carbonyl (C=O) groups is 1. The number of rotatable bonds is 6. The van der Waals surface area contributed by atoms with E-state index in [1.807, 2.05) is 0 Å². The van der Waals surface area contributed by atoms with Gasteiger partial charge in [-0.05, 0) is 32.6 Å². The van der Waals surface area contributed by atoms with Crippen molar-refractivity contribution < 1.29 is 9.72 Å². The van der Waals surface area contributed by atoms with Crippen LogP contribution in [0.15, 0.2) is 12.4 Å². The Morgan fingerprint density at radius 1 is 1.67 bits per heavy atom. The summed E-state index contributed by atoms with van der Waals surface area (Å²) in [5.74, 6) is 0.246. The summed E-state index contributed by atoms with van der Waals surface area (Å²) in [5.41, 5.74) is 4.79. The quantitative estimate of drug-likeness (QED) is 0.594. The fourth-order valence-corrected chi connectivity index (χ4v) is 1.94. The normalized spacial score (nSPS) is 16.0. The van der Waals surface area contributed by atoms with Crippen LogP contribution in [0.1, 0.15) is 26.7 Å². The van der Waals surface area contributed by atoms with Gasteiger partial charge in [0.2, 0.25) is 5.91 Å². The Bertz CT molecular complexity index is 527. The lowest BCUT2D eigenvalue weighted by Gasteiger charge is -2.24. The molecule has 9 heteroatoms. The molecule has 1 aliphatic carbocycles. The highest BCUT2D eigenvalue weighted by Gasteiger charge is 2.34. The zero-order valence-electron chi connectivity index (χ0n) is 12.0. The fourth-order valence-electron chi connectivity index (χ4n) is 1.94. The van der Waals surface area contributed by atoms with Gasteiger partial charge in [0.1, 0.15) is 17.9 Å². The SMILES string of the molecule is CC(C)(C(=O)NCC(N)C1CC1)n1cc([N+](=O)[O-])cn1.Cl. The predicted octanol–water partition coefficient (Wildman–Crippen LogP) is 0.802. The van der Waals surface area contributed by atoms with Gasteiger partial charge in [-0.1, -0.05) is 0 Å². The summed E-state index contributed by atoms with van der Waals surface area (Å²) in [6.07, 6.45) is 4.61. The third kappa shape index (κ3) is 3.92. The molecule has 8 nitrogen and oxygen atoms in total. The Labute approximate surface area is 128 Å². The topological polar surface area (TPSA) is 116 Å². The van der Waals surface area contributed by atoms with E-state index in [1.165, 1.54) is 10.9 Å². The molecule has 0 saturated heterocycles. The summed E-state index contributed by atoms with van der Waals surface area (Å²) < 4.78 is 1.29. The van der Waals surface area contributed by atoms with E-state index >= 15 is 0 Å². The molecular weight excluding hydrogens is 298 g/mol. The predicted molar refractivity (Wildman–Crippen MR) is 79.2 cm³/mol. The van der Waals surface area contributed by atoms with Gasteiger partial charge < -0.3 is 11.1 Å². The molecule has 1 unspecified atom stereocenters. The van der Waals surface area contributed by atoms with Crippen molar-refractivity contribution in [1.29, 1.82) is 0 Å². The van der Waals surface area contributed by atoms with Crippen LogP contribution in [0.3, 0.4) is 0 Å². The number of nitro groups is 1. The number of hydrogen-bond acceptors (Lipinski definition) is 5. The molecule has 0 spiro atoms. The molecule has 118 valence electrons. The summed E-state index contributed by atoms with van der Waals surface area (Å²) in [5, 5.41) is 17.3. The number of carbonyl (C=O) groups excluding carboxylic acids is 1. The summed E-state index contributed by atoms with van der Waals surface area (Å²) in [6.45, 7) is 3.72. The van der Waals surface area contributed by atoms with Crippen molar-refractivity contribution in [3.8, 4) is 0 Å². The first-order chi connectivity index (χ1) is 9.32. The lowest BCUT2D eigenvalue weighted by Crippen LogP contribution is -2.48. The maximum absolute atomic E-state index is 12.2. The van der Waals surface area contributed by atoms with Gasteiger partial charge in [-0.15, -0.1) is 12.4 Å². The molecule has 0 aliphatic heterocycles. The molecule has 1 atom stereocenters. The third-order valence-corrected chi connectivity index (χ3v) is 3.63. The summed E-state index contributed by atoms with van der Waals surface area (Å²) >= 11 is 0. The number of nitrogens with two attached hydrogens (primary N) is 1. The Balaban J connectivity index is 0.00000220. The van der Waals surface area contributed by atoms with E-state index in [0.29, 0.717) is 12.5 Å². The second kappa shape index (κ2) is 6.40. The Morgan fingerprint density at radius 2 is 2.29 bits per heavy atom. The highest BCUT2D eigenvalue weighted by molar-refractivity contribution is 5.85. The zero-order chi connectivity index (χ0) is 14.9. The van der Waals surface area contributed by atoms with Crippen molar-refractivity contribution >= 4 is 24.0 Å². The van der Waals surface area contributed by atoms with E-state index in [9.17, 15) is 14.9 Å². The second-order valence-electron chi connectivity index (χ2n) is 5.67. The molecule has 1 fully saturated rings. The minimum absolute atomic E-state index is 0. The summed E-state index contributed by atoms with van der Waals surface area (Å²) in [7, 11) is 0. The highest BCUT2D eigenvalue weighted by atomic mass is 35.5. The van der Waals surface area contributed by atoms with Crippen molar-refractivity contribution in [3.63, 3.8) is 0 Å². The van der Waals surface area contributed by atoms with E-state index < -0.39 is 10.5 Å². The Morgan fingerprint density at radius 3 is 2.76 bits per heavy atom. The van der Waals surface area contributed by atoms with Crippen LogP contribution in [0.2, 0.25) is 0 Å². The van der Waals surface area contributed by atoms with Gasteiger partial charge in [0.25, 0.3) is 0 Å². The van der Waals surface area contributed by atoms with Crippen molar-refractivity contribution in [2.45, 2.75) is 38.3 Å². The van der Waals surface area contributed by atoms with E-state index in [0.717, 1.165) is 19.0 Å². The smallest absolute Gasteiger partial charge is 0.307 e. The average molecular weight is 318 g/mol. The number of amides is 1. The minimum Gasteiger partial charge on any atom is -0.352 e. The van der Waals surface area contributed by atoms with Crippen LogP contribution in [0.25, 0.3) is 0 Å². The lowest BCUT2D eigenvalue weighted by molar-refractivity contribution is -0.385. The molecule has 1 aromatic rings. The zero-order valence-corrected chi connectivity index (χ0v) is 12.8. The molecular formula is C12H20ClN5O3. The summed E-state index contributed by atoms with van der Waals surface area (Å²) in [6, 6.07) is -0.0262. The first-order valence-electron chi connectivity index (χ1n) is 6.56. The first kappa shape index (κ1) is 17.4. The molecule has 1 amide bonds. The molecule has 0 aromatic carbocycles. The van der Waals surface area contributed by atoms with Crippen molar-refractivity contribution in [2.24, 2.45) is 11.7 Å². The standard InChI is InChI=1S/C12H19N5O3.ClH/c1-12(2,16-7-9(5-15-16)17(19)20)11(18)14-6-10(13)8-3-4-8;/h5,7-8,10H,3-4,6,13H2,1-2H3,(H,14,18);1H. The molecule has 1 aromatic heterocycles. The van der Waals surface area contributed by atoms with Gasteiger partial charge >= 0.3 is 5.69 Å². The molecule has 2 rings (SSSR count). The monoisotopic (exact) mass is 317 g/mol. The van der Waals surface area contributed by atoms with Gasteiger partial charge in [0.05, 0.1) is 4.92 Å². The van der Waals surface area contributed by atoms with Crippen molar-refractivity contribution in [3.05, 3.63) is 22.5 Å². The van der Waals surface area contributed by atoms with Crippen LogP contribution in [0, 0.1) is 16.0 Å². The van der Waals surface area contributed by atoms with Crippen molar-refractivity contribution in [1.82, 2.24) is 15.1 Å². The van der Waals surface area contributed by atoms with Crippen LogP contribution in [-0.4, -0.2) is 33.2 Å². The van der Waals surface area contributed by atoms with Gasteiger partial charge in [-0.25, -0.2) is 0 Å². The van der Waals surface area contributed by atoms with Gasteiger partial charge in [-0.2, -0.15) is 5.10 Å². The number of halogens is 1. The number of hydrogen-bond donors (Lipinski definition) is 2. The van der Waals surface area contributed by atoms with Crippen LogP contribution < -0.4 is 11.1 Å². The van der Waals surface area contributed by atoms with E-state index in [-0.39, 0.29) is 30.0 Å². The van der Waals surface area contributed by atoms with E-state index in [2.05, 4.69) is 10.4 Å². The van der Waals surface area contributed by atoms with Crippen LogP contribution in [0.5, 0.6) is 0 Å². The molecule has 0 bridgehead atoms. The second-order valence-corrected chi connectivity index (χ2v) is 5.67. The number of nitrogens with one attached hydrogen (secondary N) is 1. The van der Waals surface area contributed by atoms with Gasteiger partial charge in [0, 0.05) is 12.6 Å². The summed E-state index contributed by atoms with van der Waals surface area (Å²) in [4.78, 5) is 22.3. The van der Waals surface area contributed by atoms with Crippen molar-refractivity contribution in [2.75, 3.05) is 6.54 Å². The molecule has 3 N–H and O–H groups in total. The van der Waals surface area contributed by atoms with Crippen LogP contribution in [-0.2, 0) is 10.3 Å². The number of nitrogens with zero attached hydrogens (tertiary/aromatic N) is 3. The highest BCUT2D eigenvalue weighted by Crippen LogP contribution is 2.31. The van der Waals surface area contributed by atoms with Gasteiger partial charge in [0.15, 0.2) is 0 Å². The molecule has 1 saturated carbocycles. The first-order valence-corrected chi connectivity index (χ1v) is 6.56. The van der Waals surface area contributed by atoms with Crippen LogP contribution in [0.4, 0.5) is 5.69 Å². The Hall–Kier alpha value is -1.67. The molecule has 1 aliphatic rings. The Kier molecular flexibility index (Phi) is 5.30. The van der Waals surface area contributed by atoms with Gasteiger partial charge in [-0.3, -0.25) is 19.6 Å². The molecule has 0 radical (unpaired) electrons. The lowest BCUT2D eigenvalue weighted by atomic mass is 10.0. The minimum atomic E-state index is -1.00. The maximum atomic E-state index is 12.2. The van der Waals surface area contributed by atoms with E-state index in [1.54, 1.807) is 13.8 Å². The fraction of sp³-hybridized carbons (Fsp3) is 0.667. The average Bonchev–Trinajstić information content (AvgIpc) is 3.11. The van der Waals surface area contributed by atoms with E-state index in [4.69, 9.17) is 5.73 Å². The number of aromatic nitrogens is 2. The molecule has 21 heavy (non-hydrogen) atoms.